The molecule has 1 fully saturated rings. The fourth-order valence-corrected chi connectivity index (χ4v) is 1.10. The molecule has 1 N–H and O–H groups in total. The van der Waals surface area contributed by atoms with Crippen molar-refractivity contribution in [2.24, 2.45) is 0 Å². The van der Waals surface area contributed by atoms with Gasteiger partial charge in [0, 0.05) is 26.2 Å². The van der Waals surface area contributed by atoms with Gasteiger partial charge in [0.05, 0.1) is 0 Å². The Kier molecular flexibility index (Phi) is 1.68. The zero-order valence-electron chi connectivity index (χ0n) is 6.06. The molecule has 0 atom stereocenters. The van der Waals surface area contributed by atoms with Crippen LogP contribution in [0.2, 0.25) is 0 Å². The third-order valence-corrected chi connectivity index (χ3v) is 1.66. The van der Waals surface area contributed by atoms with Gasteiger partial charge in [0.15, 0.2) is 0 Å². The lowest BCUT2D eigenvalue weighted by atomic mass is 10.4. The van der Waals surface area contributed by atoms with Crippen LogP contribution in [-0.4, -0.2) is 46.5 Å². The minimum absolute atomic E-state index is 0.932. The van der Waals surface area contributed by atoms with Gasteiger partial charge in [-0.1, -0.05) is 0 Å². The molecule has 0 saturated carbocycles. The van der Waals surface area contributed by atoms with Crippen LogP contribution < -0.4 is 10.3 Å². The predicted octanol–water partition coefficient (Wildman–Crippen LogP) is -1.99. The molecular weight excluding hydrogens is 144 g/mol. The van der Waals surface area contributed by atoms with Crippen LogP contribution in [0.25, 0.3) is 0 Å². The Morgan fingerprint density at radius 2 is 2.09 bits per heavy atom. The highest BCUT2D eigenvalue weighted by Crippen LogP contribution is 1.87. The maximum atomic E-state index is 3.74. The molecular formula is C5H9N6. The van der Waals surface area contributed by atoms with Gasteiger partial charge in [0.25, 0.3) is 0 Å². The molecule has 1 aliphatic rings. The van der Waals surface area contributed by atoms with Gasteiger partial charge in [-0.05, 0) is 10.4 Å². The Morgan fingerprint density at radius 1 is 1.27 bits per heavy atom. The van der Waals surface area contributed by atoms with E-state index in [1.165, 1.54) is 0 Å². The van der Waals surface area contributed by atoms with Gasteiger partial charge in [-0.3, -0.25) is 5.01 Å². The van der Waals surface area contributed by atoms with E-state index < -0.39 is 0 Å². The number of rotatable bonds is 1. The summed E-state index contributed by atoms with van der Waals surface area (Å²) in [4.78, 5) is 1.56. The van der Waals surface area contributed by atoms with E-state index in [-0.39, 0.29) is 0 Å². The van der Waals surface area contributed by atoms with Crippen LogP contribution in [-0.2, 0) is 0 Å². The van der Waals surface area contributed by atoms with E-state index in [1.807, 2.05) is 5.01 Å². The summed E-state index contributed by atoms with van der Waals surface area (Å²) in [5.41, 5.74) is 0. The van der Waals surface area contributed by atoms with Crippen molar-refractivity contribution in [2.75, 3.05) is 31.2 Å². The SMILES string of the molecule is [c]1nnnn1N1CCNCC1. The lowest BCUT2D eigenvalue weighted by molar-refractivity contribution is 0.450. The summed E-state index contributed by atoms with van der Waals surface area (Å²) in [5, 5.41) is 16.0. The zero-order valence-corrected chi connectivity index (χ0v) is 6.06. The third-order valence-electron chi connectivity index (χ3n) is 1.66. The molecule has 11 heavy (non-hydrogen) atoms. The van der Waals surface area contributed by atoms with Crippen LogP contribution in [0.3, 0.4) is 0 Å². The van der Waals surface area contributed by atoms with E-state index in [1.54, 1.807) is 4.79 Å². The van der Waals surface area contributed by atoms with Crippen LogP contribution in [0.1, 0.15) is 0 Å². The summed E-state index contributed by atoms with van der Waals surface area (Å²) in [6.45, 7) is 3.82. The van der Waals surface area contributed by atoms with Gasteiger partial charge in [0.2, 0.25) is 6.33 Å². The molecule has 1 radical (unpaired) electrons. The molecule has 6 nitrogen and oxygen atoms in total. The standard InChI is InChI=1S/C5H9N6/c1-3-10(4-2-6-1)11-5-7-8-9-11/h6H,1-4H2. The Balaban J connectivity index is 2.04. The quantitative estimate of drug-likeness (QED) is 0.506. The number of hydrogen-bond acceptors (Lipinski definition) is 5. The molecule has 0 aromatic carbocycles. The second-order valence-electron chi connectivity index (χ2n) is 2.37. The van der Waals surface area contributed by atoms with Gasteiger partial charge in [0.1, 0.15) is 0 Å². The first-order valence-corrected chi connectivity index (χ1v) is 3.59. The molecule has 0 unspecified atom stereocenters. The second-order valence-corrected chi connectivity index (χ2v) is 2.37. The van der Waals surface area contributed by atoms with Crippen molar-refractivity contribution in [2.45, 2.75) is 0 Å². The van der Waals surface area contributed by atoms with E-state index in [0.717, 1.165) is 26.2 Å². The fraction of sp³-hybridized carbons (Fsp3) is 0.800. The van der Waals surface area contributed by atoms with Crippen LogP contribution in [0, 0.1) is 6.33 Å². The highest BCUT2D eigenvalue weighted by molar-refractivity contribution is 4.85. The molecule has 2 heterocycles. The minimum Gasteiger partial charge on any atom is -0.313 e. The molecule has 1 aromatic heterocycles. The summed E-state index contributed by atoms with van der Waals surface area (Å²) in [7, 11) is 0. The normalized spacial score (nSPS) is 18.7. The minimum atomic E-state index is 0.932. The summed E-state index contributed by atoms with van der Waals surface area (Å²) in [6, 6.07) is 0. The summed E-state index contributed by atoms with van der Waals surface area (Å²) in [5.74, 6) is 0. The van der Waals surface area contributed by atoms with Crippen molar-refractivity contribution in [1.82, 2.24) is 25.6 Å². The average molecular weight is 153 g/mol. The first-order chi connectivity index (χ1) is 5.47. The van der Waals surface area contributed by atoms with Crippen molar-refractivity contribution >= 4 is 0 Å². The first kappa shape index (κ1) is 6.53. The van der Waals surface area contributed by atoms with E-state index >= 15 is 0 Å². The first-order valence-electron chi connectivity index (χ1n) is 3.59. The van der Waals surface area contributed by atoms with E-state index in [4.69, 9.17) is 0 Å². The Hall–Kier alpha value is -1.17. The Morgan fingerprint density at radius 3 is 2.73 bits per heavy atom. The summed E-state index contributed by atoms with van der Waals surface area (Å²) < 4.78 is 0. The van der Waals surface area contributed by atoms with E-state index in [2.05, 4.69) is 27.2 Å². The van der Waals surface area contributed by atoms with Crippen LogP contribution in [0.5, 0.6) is 0 Å². The number of nitrogens with zero attached hydrogens (tertiary/aromatic N) is 5. The van der Waals surface area contributed by atoms with Gasteiger partial charge in [-0.25, -0.2) is 0 Å². The Bertz CT molecular complexity index is 201. The van der Waals surface area contributed by atoms with Crippen molar-refractivity contribution in [3.05, 3.63) is 6.33 Å². The van der Waals surface area contributed by atoms with Crippen LogP contribution in [0.15, 0.2) is 0 Å². The molecule has 0 bridgehead atoms. The number of tetrazole rings is 1. The lowest BCUT2D eigenvalue weighted by Crippen LogP contribution is -2.49. The monoisotopic (exact) mass is 153 g/mol. The summed E-state index contributed by atoms with van der Waals surface area (Å²) >= 11 is 0. The molecule has 0 amide bonds. The molecule has 2 rings (SSSR count). The Labute approximate surface area is 64.1 Å². The third kappa shape index (κ3) is 1.30. The molecule has 6 heteroatoms. The lowest BCUT2D eigenvalue weighted by Gasteiger charge is -2.27. The highest BCUT2D eigenvalue weighted by atomic mass is 15.7. The van der Waals surface area contributed by atoms with Crippen molar-refractivity contribution < 1.29 is 0 Å². The van der Waals surface area contributed by atoms with Gasteiger partial charge >= 0.3 is 0 Å². The van der Waals surface area contributed by atoms with Crippen molar-refractivity contribution in [3.8, 4) is 0 Å². The topological polar surface area (TPSA) is 58.9 Å². The summed E-state index contributed by atoms with van der Waals surface area (Å²) in [6.07, 6.45) is 2.65. The fourth-order valence-electron chi connectivity index (χ4n) is 1.10. The van der Waals surface area contributed by atoms with E-state index in [0.29, 0.717) is 0 Å². The molecule has 1 aromatic rings. The number of hydrogen-bond donors (Lipinski definition) is 1. The zero-order chi connectivity index (χ0) is 7.52. The van der Waals surface area contributed by atoms with Crippen LogP contribution >= 0.6 is 0 Å². The van der Waals surface area contributed by atoms with Crippen molar-refractivity contribution in [1.29, 1.82) is 0 Å². The largest absolute Gasteiger partial charge is 0.313 e. The second kappa shape index (κ2) is 2.83. The smallest absolute Gasteiger partial charge is 0.245 e. The van der Waals surface area contributed by atoms with Gasteiger partial charge in [-0.2, -0.15) is 0 Å². The number of nitrogens with one attached hydrogen (secondary N) is 1. The van der Waals surface area contributed by atoms with Gasteiger partial charge < -0.3 is 5.32 Å². The van der Waals surface area contributed by atoms with Crippen LogP contribution in [0.4, 0.5) is 0 Å². The highest BCUT2D eigenvalue weighted by Gasteiger charge is 2.10. The van der Waals surface area contributed by atoms with Gasteiger partial charge in [-0.15, -0.1) is 9.89 Å². The molecule has 0 aliphatic carbocycles. The van der Waals surface area contributed by atoms with Crippen molar-refractivity contribution in [3.63, 3.8) is 0 Å². The number of aromatic nitrogens is 4. The molecule has 59 valence electrons. The maximum Gasteiger partial charge on any atom is 0.245 e. The predicted molar refractivity (Wildman–Crippen MR) is 37.5 cm³/mol. The molecule has 1 aliphatic heterocycles. The maximum absolute atomic E-state index is 3.74. The van der Waals surface area contributed by atoms with E-state index in [9.17, 15) is 0 Å². The average Bonchev–Trinajstić information content (AvgIpc) is 2.58. The molecule has 1 saturated heterocycles. The molecule has 0 spiro atoms. The number of piperazine rings is 1.